The van der Waals surface area contributed by atoms with E-state index in [0.717, 1.165) is 22.1 Å². The molecule has 0 radical (unpaired) electrons. The Bertz CT molecular complexity index is 874. The van der Waals surface area contributed by atoms with Crippen LogP contribution in [0.2, 0.25) is 0 Å². The third kappa shape index (κ3) is 3.47. The number of nitrogens with one attached hydrogen (secondary N) is 2. The van der Waals surface area contributed by atoms with Crippen LogP contribution >= 0.6 is 0 Å². The topological polar surface area (TPSA) is 64.9 Å². The summed E-state index contributed by atoms with van der Waals surface area (Å²) in [5.74, 6) is -0.120. The fourth-order valence-electron chi connectivity index (χ4n) is 2.37. The van der Waals surface area contributed by atoms with Gasteiger partial charge in [-0.25, -0.2) is 0 Å². The Kier molecular flexibility index (Phi) is 4.21. The first kappa shape index (κ1) is 14.6. The van der Waals surface area contributed by atoms with Crippen molar-refractivity contribution in [3.8, 4) is 6.07 Å². The van der Waals surface area contributed by atoms with Crippen molar-refractivity contribution >= 4 is 28.1 Å². The lowest BCUT2D eigenvalue weighted by atomic mass is 10.1. The van der Waals surface area contributed by atoms with Crippen molar-refractivity contribution in [3.63, 3.8) is 0 Å². The van der Waals surface area contributed by atoms with Gasteiger partial charge in [0.05, 0.1) is 18.2 Å². The molecule has 3 aromatic carbocycles. The zero-order valence-electron chi connectivity index (χ0n) is 12.4. The number of amides is 1. The van der Waals surface area contributed by atoms with Gasteiger partial charge in [-0.3, -0.25) is 4.79 Å². The minimum atomic E-state index is -0.120. The highest BCUT2D eigenvalue weighted by Gasteiger charge is 2.05. The molecule has 0 aliphatic carbocycles. The standard InChI is InChI=1S/C19H15N3O/c20-12-14-8-10-16(11-9-14)21-13-19(23)22-18-7-3-5-15-4-1-2-6-17(15)18/h1-11,21H,13H2,(H,22,23). The highest BCUT2D eigenvalue weighted by atomic mass is 16.1. The number of nitrogens with zero attached hydrogens (tertiary/aromatic N) is 1. The number of nitriles is 1. The number of carbonyl (C=O) groups is 1. The van der Waals surface area contributed by atoms with Crippen molar-refractivity contribution < 1.29 is 4.79 Å². The molecule has 0 aliphatic rings. The van der Waals surface area contributed by atoms with Crippen molar-refractivity contribution in [2.75, 3.05) is 17.2 Å². The number of anilines is 2. The molecule has 2 N–H and O–H groups in total. The molecule has 0 aliphatic heterocycles. The van der Waals surface area contributed by atoms with Crippen LogP contribution in [0.4, 0.5) is 11.4 Å². The smallest absolute Gasteiger partial charge is 0.243 e. The Morgan fingerprint density at radius 2 is 1.70 bits per heavy atom. The van der Waals surface area contributed by atoms with E-state index >= 15 is 0 Å². The number of hydrogen-bond donors (Lipinski definition) is 2. The molecule has 0 aromatic heterocycles. The van der Waals surface area contributed by atoms with E-state index < -0.39 is 0 Å². The molecule has 0 fully saturated rings. The third-order valence-corrected chi connectivity index (χ3v) is 3.53. The fraction of sp³-hybridized carbons (Fsp3) is 0.0526. The minimum Gasteiger partial charge on any atom is -0.376 e. The summed E-state index contributed by atoms with van der Waals surface area (Å²) in [5, 5.41) is 16.8. The predicted octanol–water partition coefficient (Wildman–Crippen LogP) is 3.76. The minimum absolute atomic E-state index is 0.120. The number of rotatable bonds is 4. The second kappa shape index (κ2) is 6.63. The molecule has 0 saturated carbocycles. The van der Waals surface area contributed by atoms with E-state index in [9.17, 15) is 4.79 Å². The van der Waals surface area contributed by atoms with E-state index in [1.165, 1.54) is 0 Å². The normalized spacial score (nSPS) is 10.0. The fourth-order valence-corrected chi connectivity index (χ4v) is 2.37. The van der Waals surface area contributed by atoms with E-state index in [0.29, 0.717) is 5.56 Å². The highest BCUT2D eigenvalue weighted by molar-refractivity contribution is 6.03. The van der Waals surface area contributed by atoms with Gasteiger partial charge in [-0.1, -0.05) is 36.4 Å². The number of benzene rings is 3. The van der Waals surface area contributed by atoms with Crippen LogP contribution in [0.25, 0.3) is 10.8 Å². The Labute approximate surface area is 134 Å². The molecule has 0 unspecified atom stereocenters. The lowest BCUT2D eigenvalue weighted by molar-refractivity contribution is -0.114. The van der Waals surface area contributed by atoms with Gasteiger partial charge in [0.1, 0.15) is 0 Å². The van der Waals surface area contributed by atoms with Crippen LogP contribution in [0.5, 0.6) is 0 Å². The Balaban J connectivity index is 1.65. The van der Waals surface area contributed by atoms with Crippen molar-refractivity contribution in [3.05, 3.63) is 72.3 Å². The summed E-state index contributed by atoms with van der Waals surface area (Å²) in [4.78, 5) is 12.1. The molecule has 0 spiro atoms. The van der Waals surface area contributed by atoms with Crippen molar-refractivity contribution in [1.29, 1.82) is 5.26 Å². The van der Waals surface area contributed by atoms with Crippen LogP contribution in [0.3, 0.4) is 0 Å². The first-order valence-electron chi connectivity index (χ1n) is 7.28. The quantitative estimate of drug-likeness (QED) is 0.771. The molecule has 112 valence electrons. The molecular formula is C19H15N3O. The van der Waals surface area contributed by atoms with Crippen molar-refractivity contribution in [1.82, 2.24) is 0 Å². The van der Waals surface area contributed by atoms with Gasteiger partial charge in [0.25, 0.3) is 0 Å². The van der Waals surface area contributed by atoms with Gasteiger partial charge in [-0.15, -0.1) is 0 Å². The van der Waals surface area contributed by atoms with Crippen molar-refractivity contribution in [2.45, 2.75) is 0 Å². The maximum Gasteiger partial charge on any atom is 0.243 e. The summed E-state index contributed by atoms with van der Waals surface area (Å²) in [7, 11) is 0. The molecule has 4 nitrogen and oxygen atoms in total. The Morgan fingerprint density at radius 1 is 0.957 bits per heavy atom. The SMILES string of the molecule is N#Cc1ccc(NCC(=O)Nc2cccc3ccccc23)cc1. The molecule has 23 heavy (non-hydrogen) atoms. The predicted molar refractivity (Wildman–Crippen MR) is 92.2 cm³/mol. The van der Waals surface area contributed by atoms with Crippen LogP contribution in [0.1, 0.15) is 5.56 Å². The van der Waals surface area contributed by atoms with E-state index in [1.807, 2.05) is 42.5 Å². The van der Waals surface area contributed by atoms with E-state index in [-0.39, 0.29) is 12.5 Å². The van der Waals surface area contributed by atoms with Crippen LogP contribution in [-0.2, 0) is 4.79 Å². The maximum absolute atomic E-state index is 12.1. The monoisotopic (exact) mass is 301 g/mol. The van der Waals surface area contributed by atoms with E-state index in [2.05, 4.69) is 16.7 Å². The largest absolute Gasteiger partial charge is 0.376 e. The molecule has 0 saturated heterocycles. The maximum atomic E-state index is 12.1. The van der Waals surface area contributed by atoms with Crippen molar-refractivity contribution in [2.24, 2.45) is 0 Å². The first-order chi connectivity index (χ1) is 11.3. The summed E-state index contributed by atoms with van der Waals surface area (Å²) in [6.07, 6.45) is 0. The molecule has 3 rings (SSSR count). The number of hydrogen-bond acceptors (Lipinski definition) is 3. The lowest BCUT2D eigenvalue weighted by Gasteiger charge is -2.10. The summed E-state index contributed by atoms with van der Waals surface area (Å²) >= 11 is 0. The second-order valence-electron chi connectivity index (χ2n) is 5.12. The zero-order chi connectivity index (χ0) is 16.1. The van der Waals surface area contributed by atoms with Crippen LogP contribution < -0.4 is 10.6 Å². The summed E-state index contributed by atoms with van der Waals surface area (Å²) < 4.78 is 0. The van der Waals surface area contributed by atoms with E-state index in [4.69, 9.17) is 5.26 Å². The van der Waals surface area contributed by atoms with Gasteiger partial charge in [0, 0.05) is 16.8 Å². The van der Waals surface area contributed by atoms with Crippen LogP contribution in [0, 0.1) is 11.3 Å². The Hall–Kier alpha value is -3.32. The summed E-state index contributed by atoms with van der Waals surface area (Å²) in [6.45, 7) is 0.162. The number of carbonyl (C=O) groups excluding carboxylic acids is 1. The molecule has 0 bridgehead atoms. The van der Waals surface area contributed by atoms with Gasteiger partial charge < -0.3 is 10.6 Å². The van der Waals surface area contributed by atoms with Crippen LogP contribution in [-0.4, -0.2) is 12.5 Å². The molecular weight excluding hydrogens is 286 g/mol. The lowest BCUT2D eigenvalue weighted by Crippen LogP contribution is -2.21. The summed E-state index contributed by atoms with van der Waals surface area (Å²) in [5.41, 5.74) is 2.20. The summed E-state index contributed by atoms with van der Waals surface area (Å²) in [6, 6.07) is 22.8. The second-order valence-corrected chi connectivity index (χ2v) is 5.12. The van der Waals surface area contributed by atoms with E-state index in [1.54, 1.807) is 24.3 Å². The van der Waals surface area contributed by atoms with Gasteiger partial charge in [0.2, 0.25) is 5.91 Å². The Morgan fingerprint density at radius 3 is 2.48 bits per heavy atom. The molecule has 0 atom stereocenters. The van der Waals surface area contributed by atoms with Gasteiger partial charge in [0.15, 0.2) is 0 Å². The van der Waals surface area contributed by atoms with Gasteiger partial charge in [-0.2, -0.15) is 5.26 Å². The molecule has 4 heteroatoms. The number of fused-ring (bicyclic) bond motifs is 1. The average molecular weight is 301 g/mol. The third-order valence-electron chi connectivity index (χ3n) is 3.53. The first-order valence-corrected chi connectivity index (χ1v) is 7.28. The van der Waals surface area contributed by atoms with Gasteiger partial charge in [-0.05, 0) is 35.7 Å². The van der Waals surface area contributed by atoms with Crippen LogP contribution in [0.15, 0.2) is 66.7 Å². The highest BCUT2D eigenvalue weighted by Crippen LogP contribution is 2.22. The zero-order valence-corrected chi connectivity index (χ0v) is 12.4. The molecule has 3 aromatic rings. The molecule has 0 heterocycles. The van der Waals surface area contributed by atoms with Gasteiger partial charge >= 0.3 is 0 Å². The average Bonchev–Trinajstić information content (AvgIpc) is 2.61. The molecule has 1 amide bonds.